The van der Waals surface area contributed by atoms with Gasteiger partial charge < -0.3 is 5.32 Å². The number of aromatic nitrogens is 1. The second kappa shape index (κ2) is 4.54. The summed E-state index contributed by atoms with van der Waals surface area (Å²) >= 11 is 3.47. The van der Waals surface area contributed by atoms with E-state index in [1.807, 2.05) is 6.20 Å². The molecule has 17 heavy (non-hydrogen) atoms. The predicted molar refractivity (Wildman–Crippen MR) is 73.7 cm³/mol. The van der Waals surface area contributed by atoms with Gasteiger partial charge in [0.1, 0.15) is 4.60 Å². The molecule has 1 fully saturated rings. The Kier molecular flexibility index (Phi) is 3.05. The molecule has 2 nitrogen and oxygen atoms in total. The van der Waals surface area contributed by atoms with Gasteiger partial charge in [0.15, 0.2) is 0 Å². The van der Waals surface area contributed by atoms with Crippen LogP contribution in [0.4, 0.5) is 0 Å². The summed E-state index contributed by atoms with van der Waals surface area (Å²) in [5, 5.41) is 3.52. The fourth-order valence-corrected chi connectivity index (χ4v) is 3.27. The van der Waals surface area contributed by atoms with Crippen molar-refractivity contribution in [2.24, 2.45) is 11.8 Å². The van der Waals surface area contributed by atoms with Crippen molar-refractivity contribution in [1.82, 2.24) is 10.3 Å². The van der Waals surface area contributed by atoms with Crippen LogP contribution >= 0.6 is 15.9 Å². The minimum Gasteiger partial charge on any atom is -0.316 e. The van der Waals surface area contributed by atoms with Gasteiger partial charge in [-0.05, 0) is 70.9 Å². The fraction of sp³-hybridized carbons (Fsp3) is 0.500. The number of nitrogens with zero attached hydrogens (tertiary/aromatic N) is 1. The highest BCUT2D eigenvalue weighted by Gasteiger charge is 2.32. The predicted octanol–water partition coefficient (Wildman–Crippen LogP) is 3.17. The van der Waals surface area contributed by atoms with Gasteiger partial charge in [-0.15, -0.1) is 0 Å². The number of hydrogen-bond acceptors (Lipinski definition) is 2. The van der Waals surface area contributed by atoms with Gasteiger partial charge in [-0.2, -0.15) is 0 Å². The lowest BCUT2D eigenvalue weighted by Gasteiger charge is -2.26. The van der Waals surface area contributed by atoms with Crippen molar-refractivity contribution < 1.29 is 0 Å². The van der Waals surface area contributed by atoms with Gasteiger partial charge in [-0.25, -0.2) is 4.98 Å². The Hall–Kier alpha value is -0.670. The van der Waals surface area contributed by atoms with E-state index in [4.69, 9.17) is 0 Å². The van der Waals surface area contributed by atoms with E-state index in [1.165, 1.54) is 36.1 Å². The molecular formula is C14H17BrN2. The maximum Gasteiger partial charge on any atom is 0.109 e. The maximum atomic E-state index is 4.42. The number of fused-ring (bicyclic) bond motifs is 1. The van der Waals surface area contributed by atoms with Crippen LogP contribution in [-0.4, -0.2) is 18.1 Å². The summed E-state index contributed by atoms with van der Waals surface area (Å²) in [7, 11) is 0. The molecule has 1 aliphatic carbocycles. The molecule has 90 valence electrons. The van der Waals surface area contributed by atoms with Gasteiger partial charge >= 0.3 is 0 Å². The van der Waals surface area contributed by atoms with E-state index in [-0.39, 0.29) is 0 Å². The van der Waals surface area contributed by atoms with E-state index in [0.29, 0.717) is 5.92 Å². The quantitative estimate of drug-likeness (QED) is 0.805. The molecule has 0 unspecified atom stereocenters. The Morgan fingerprint density at radius 1 is 1.41 bits per heavy atom. The van der Waals surface area contributed by atoms with Crippen LogP contribution in [0.25, 0.3) is 5.57 Å². The molecule has 0 bridgehead atoms. The van der Waals surface area contributed by atoms with Crippen LogP contribution in [0, 0.1) is 18.8 Å². The number of allylic oxidation sites excluding steroid dienone is 1. The standard InChI is InChI=1S/C14H17BrN2/c1-9-5-11(7-17-14(9)15)12-4-2-3-10-6-16-8-13(10)12/h4-5,7,10,13,16H,2-3,6,8H2,1H3/t10-,13+/m1/s1. The average Bonchev–Trinajstić information content (AvgIpc) is 2.80. The van der Waals surface area contributed by atoms with E-state index in [2.05, 4.69) is 45.3 Å². The summed E-state index contributed by atoms with van der Waals surface area (Å²) in [5.74, 6) is 1.53. The number of halogens is 1. The highest BCUT2D eigenvalue weighted by atomic mass is 79.9. The third kappa shape index (κ3) is 2.06. The molecule has 1 N–H and O–H groups in total. The first kappa shape index (κ1) is 11.4. The Morgan fingerprint density at radius 2 is 2.29 bits per heavy atom. The van der Waals surface area contributed by atoms with E-state index in [1.54, 1.807) is 0 Å². The van der Waals surface area contributed by atoms with Crippen LogP contribution in [0.1, 0.15) is 24.0 Å². The summed E-state index contributed by atoms with van der Waals surface area (Å²) in [4.78, 5) is 4.42. The molecular weight excluding hydrogens is 276 g/mol. The summed E-state index contributed by atoms with van der Waals surface area (Å²) in [6.07, 6.45) is 6.97. The van der Waals surface area contributed by atoms with E-state index >= 15 is 0 Å². The lowest BCUT2D eigenvalue weighted by atomic mass is 9.78. The van der Waals surface area contributed by atoms with Crippen molar-refractivity contribution in [2.45, 2.75) is 19.8 Å². The van der Waals surface area contributed by atoms with Gasteiger partial charge in [-0.3, -0.25) is 0 Å². The zero-order chi connectivity index (χ0) is 11.8. The molecule has 1 saturated heterocycles. The summed E-state index contributed by atoms with van der Waals surface area (Å²) < 4.78 is 0.957. The molecule has 1 aromatic heterocycles. The zero-order valence-electron chi connectivity index (χ0n) is 10.0. The lowest BCUT2D eigenvalue weighted by Crippen LogP contribution is -2.18. The van der Waals surface area contributed by atoms with E-state index < -0.39 is 0 Å². The Bertz CT molecular complexity index is 467. The Balaban J connectivity index is 1.97. The molecule has 0 amide bonds. The fourth-order valence-electron chi connectivity index (χ4n) is 3.05. The SMILES string of the molecule is Cc1cc(C2=CCC[C@@H]3CNC[C@H]23)cnc1Br. The smallest absolute Gasteiger partial charge is 0.109 e. The zero-order valence-corrected chi connectivity index (χ0v) is 11.6. The van der Waals surface area contributed by atoms with Crippen LogP contribution in [0.5, 0.6) is 0 Å². The van der Waals surface area contributed by atoms with Crippen LogP contribution in [-0.2, 0) is 0 Å². The number of pyridine rings is 1. The van der Waals surface area contributed by atoms with Crippen molar-refractivity contribution in [3.05, 3.63) is 34.1 Å². The number of nitrogens with one attached hydrogen (secondary N) is 1. The molecule has 0 saturated carbocycles. The third-order valence-corrected chi connectivity index (χ3v) is 4.82. The van der Waals surface area contributed by atoms with Crippen LogP contribution < -0.4 is 5.32 Å². The number of aryl methyl sites for hydroxylation is 1. The van der Waals surface area contributed by atoms with Gasteiger partial charge in [0.25, 0.3) is 0 Å². The molecule has 2 heterocycles. The average molecular weight is 293 g/mol. The molecule has 3 heteroatoms. The highest BCUT2D eigenvalue weighted by Crippen LogP contribution is 2.38. The van der Waals surface area contributed by atoms with Crippen LogP contribution in [0.15, 0.2) is 22.9 Å². The topological polar surface area (TPSA) is 24.9 Å². The van der Waals surface area contributed by atoms with Crippen LogP contribution in [0.3, 0.4) is 0 Å². The molecule has 2 aliphatic rings. The van der Waals surface area contributed by atoms with Gasteiger partial charge in [0.05, 0.1) is 0 Å². The molecule has 0 spiro atoms. The monoisotopic (exact) mass is 292 g/mol. The van der Waals surface area contributed by atoms with Crippen molar-refractivity contribution in [3.8, 4) is 0 Å². The third-order valence-electron chi connectivity index (χ3n) is 3.99. The first-order valence-electron chi connectivity index (χ1n) is 6.29. The molecule has 0 radical (unpaired) electrons. The molecule has 2 atom stereocenters. The van der Waals surface area contributed by atoms with E-state index in [0.717, 1.165) is 17.1 Å². The van der Waals surface area contributed by atoms with Crippen molar-refractivity contribution in [1.29, 1.82) is 0 Å². The molecule has 1 aromatic rings. The largest absolute Gasteiger partial charge is 0.316 e. The van der Waals surface area contributed by atoms with Crippen molar-refractivity contribution in [2.75, 3.05) is 13.1 Å². The lowest BCUT2D eigenvalue weighted by molar-refractivity contribution is 0.454. The summed E-state index contributed by atoms with van der Waals surface area (Å²) in [6, 6.07) is 2.25. The Morgan fingerprint density at radius 3 is 3.12 bits per heavy atom. The second-order valence-corrected chi connectivity index (χ2v) is 5.84. The first-order chi connectivity index (χ1) is 8.25. The highest BCUT2D eigenvalue weighted by molar-refractivity contribution is 9.10. The summed E-state index contributed by atoms with van der Waals surface area (Å²) in [6.45, 7) is 4.42. The minimum atomic E-state index is 0.700. The van der Waals surface area contributed by atoms with Gasteiger partial charge in [0.2, 0.25) is 0 Å². The van der Waals surface area contributed by atoms with Crippen molar-refractivity contribution in [3.63, 3.8) is 0 Å². The van der Waals surface area contributed by atoms with Crippen LogP contribution in [0.2, 0.25) is 0 Å². The van der Waals surface area contributed by atoms with Gasteiger partial charge in [0, 0.05) is 18.7 Å². The van der Waals surface area contributed by atoms with Crippen molar-refractivity contribution >= 4 is 21.5 Å². The Labute approximate surface area is 111 Å². The normalized spacial score (nSPS) is 27.8. The minimum absolute atomic E-state index is 0.700. The second-order valence-electron chi connectivity index (χ2n) is 5.09. The summed E-state index contributed by atoms with van der Waals surface area (Å²) in [5.41, 5.74) is 4.04. The van der Waals surface area contributed by atoms with E-state index in [9.17, 15) is 0 Å². The molecule has 3 rings (SSSR count). The van der Waals surface area contributed by atoms with Gasteiger partial charge in [-0.1, -0.05) is 6.08 Å². The number of hydrogen-bond donors (Lipinski definition) is 1. The molecule has 0 aromatic carbocycles. The maximum absolute atomic E-state index is 4.42. The first-order valence-corrected chi connectivity index (χ1v) is 7.08. The number of rotatable bonds is 1. The molecule has 1 aliphatic heterocycles.